The number of hydrogen-bond donors (Lipinski definition) is 1. The summed E-state index contributed by atoms with van der Waals surface area (Å²) in [6.45, 7) is 4.68. The van der Waals surface area contributed by atoms with Crippen LogP contribution in [0.15, 0.2) is 48.7 Å². The number of halogens is 1. The van der Waals surface area contributed by atoms with Crippen LogP contribution in [0.1, 0.15) is 36.1 Å². The van der Waals surface area contributed by atoms with E-state index < -0.39 is 0 Å². The third kappa shape index (κ3) is 5.82. The summed E-state index contributed by atoms with van der Waals surface area (Å²) in [5.41, 5.74) is 3.25. The Balaban J connectivity index is 0.00000243. The van der Waals surface area contributed by atoms with Gasteiger partial charge in [-0.3, -0.25) is 9.78 Å². The van der Waals surface area contributed by atoms with Crippen molar-refractivity contribution in [1.82, 2.24) is 15.2 Å². The van der Waals surface area contributed by atoms with Crippen molar-refractivity contribution in [3.8, 4) is 0 Å². The molecule has 1 aliphatic rings. The van der Waals surface area contributed by atoms with Gasteiger partial charge in [0, 0.05) is 12.2 Å². The minimum Gasteiger partial charge on any atom is -0.333 e. The lowest BCUT2D eigenvalue weighted by Gasteiger charge is -2.31. The highest BCUT2D eigenvalue weighted by molar-refractivity contribution is 5.85. The molecule has 26 heavy (non-hydrogen) atoms. The van der Waals surface area contributed by atoms with Crippen molar-refractivity contribution >= 4 is 18.3 Å². The van der Waals surface area contributed by atoms with E-state index in [1.807, 2.05) is 18.2 Å². The van der Waals surface area contributed by atoms with E-state index in [1.54, 1.807) is 6.20 Å². The molecule has 1 amide bonds. The Hall–Kier alpha value is -1.91. The highest BCUT2D eigenvalue weighted by atomic mass is 35.5. The first-order valence-electron chi connectivity index (χ1n) is 9.18. The van der Waals surface area contributed by atoms with Gasteiger partial charge >= 0.3 is 0 Å². The number of benzene rings is 1. The number of pyridine rings is 1. The second-order valence-corrected chi connectivity index (χ2v) is 6.84. The van der Waals surface area contributed by atoms with Crippen LogP contribution < -0.4 is 5.32 Å². The molecule has 1 N–H and O–H groups in total. The Morgan fingerprint density at radius 3 is 2.69 bits per heavy atom. The fourth-order valence-corrected chi connectivity index (χ4v) is 3.38. The summed E-state index contributed by atoms with van der Waals surface area (Å²) in [5, 5.41) is 3.44. The van der Waals surface area contributed by atoms with Crippen molar-refractivity contribution in [2.75, 3.05) is 13.1 Å². The zero-order valence-corrected chi connectivity index (χ0v) is 16.2. The Labute approximate surface area is 162 Å². The lowest BCUT2D eigenvalue weighted by Crippen LogP contribution is -2.41. The minimum absolute atomic E-state index is 0. The predicted molar refractivity (Wildman–Crippen MR) is 107 cm³/mol. The van der Waals surface area contributed by atoms with E-state index in [1.165, 1.54) is 5.56 Å². The molecule has 5 heteroatoms. The molecule has 1 aromatic heterocycles. The molecule has 0 saturated carbocycles. The number of aromatic nitrogens is 1. The molecule has 0 bridgehead atoms. The SMILES string of the molecule is Cc1ccc(CC(=O)N(Cc2ccccn2)C2CCCNCC2)cc1.Cl. The summed E-state index contributed by atoms with van der Waals surface area (Å²) in [7, 11) is 0. The van der Waals surface area contributed by atoms with Gasteiger partial charge in [0.05, 0.1) is 18.7 Å². The molecule has 1 fully saturated rings. The highest BCUT2D eigenvalue weighted by Crippen LogP contribution is 2.18. The van der Waals surface area contributed by atoms with Crippen molar-refractivity contribution in [2.24, 2.45) is 0 Å². The van der Waals surface area contributed by atoms with Gasteiger partial charge in [0.1, 0.15) is 0 Å². The normalized spacial score (nSPS) is 17.0. The quantitative estimate of drug-likeness (QED) is 0.872. The predicted octanol–water partition coefficient (Wildman–Crippen LogP) is 3.53. The maximum atomic E-state index is 13.1. The largest absolute Gasteiger partial charge is 0.333 e. The van der Waals surface area contributed by atoms with Gasteiger partial charge in [-0.1, -0.05) is 35.9 Å². The fraction of sp³-hybridized carbons (Fsp3) is 0.429. The number of hydrogen-bond acceptors (Lipinski definition) is 3. The third-order valence-electron chi connectivity index (χ3n) is 4.84. The maximum absolute atomic E-state index is 13.1. The first kappa shape index (κ1) is 20.4. The van der Waals surface area contributed by atoms with E-state index in [4.69, 9.17) is 0 Å². The van der Waals surface area contributed by atoms with Gasteiger partial charge in [-0.15, -0.1) is 12.4 Å². The molecule has 1 aliphatic heterocycles. The standard InChI is InChI=1S/C21H27N3O.ClH/c1-17-7-9-18(10-8-17)15-21(25)24(16-19-5-2-3-13-23-19)20-6-4-12-22-14-11-20;/h2-3,5,7-10,13,20,22H,4,6,11-12,14-16H2,1H3;1H. The molecule has 3 rings (SSSR count). The van der Waals surface area contributed by atoms with Crippen molar-refractivity contribution < 1.29 is 4.79 Å². The Kier molecular flexibility index (Phi) is 8.07. The van der Waals surface area contributed by atoms with Gasteiger partial charge in [-0.05, 0) is 57.0 Å². The first-order chi connectivity index (χ1) is 12.2. The fourth-order valence-electron chi connectivity index (χ4n) is 3.38. The molecule has 1 unspecified atom stereocenters. The molecular formula is C21H28ClN3O. The van der Waals surface area contributed by atoms with Crippen LogP contribution in [0.2, 0.25) is 0 Å². The van der Waals surface area contributed by atoms with Crippen LogP contribution in [0.4, 0.5) is 0 Å². The van der Waals surface area contributed by atoms with Gasteiger partial charge < -0.3 is 10.2 Å². The van der Waals surface area contributed by atoms with Crippen LogP contribution in [-0.2, 0) is 17.8 Å². The lowest BCUT2D eigenvalue weighted by molar-refractivity contribution is -0.133. The van der Waals surface area contributed by atoms with Crippen molar-refractivity contribution in [3.63, 3.8) is 0 Å². The summed E-state index contributed by atoms with van der Waals surface area (Å²) in [6.07, 6.45) is 5.43. The number of amides is 1. The van der Waals surface area contributed by atoms with Crippen LogP contribution in [0, 0.1) is 6.92 Å². The van der Waals surface area contributed by atoms with Gasteiger partial charge in [-0.2, -0.15) is 0 Å². The molecule has 1 saturated heterocycles. The molecule has 140 valence electrons. The van der Waals surface area contributed by atoms with Crippen molar-refractivity contribution in [1.29, 1.82) is 0 Å². The molecule has 0 spiro atoms. The van der Waals surface area contributed by atoms with Crippen LogP contribution in [-0.4, -0.2) is 34.9 Å². The van der Waals surface area contributed by atoms with E-state index in [9.17, 15) is 4.79 Å². The minimum atomic E-state index is 0. The number of carbonyl (C=O) groups excluding carboxylic acids is 1. The van der Waals surface area contributed by atoms with Gasteiger partial charge in [0.15, 0.2) is 0 Å². The van der Waals surface area contributed by atoms with Gasteiger partial charge in [0.2, 0.25) is 5.91 Å². The smallest absolute Gasteiger partial charge is 0.227 e. The number of nitrogens with zero attached hydrogens (tertiary/aromatic N) is 2. The van der Waals surface area contributed by atoms with Crippen molar-refractivity contribution in [3.05, 3.63) is 65.5 Å². The Morgan fingerprint density at radius 1 is 1.15 bits per heavy atom. The third-order valence-corrected chi connectivity index (χ3v) is 4.84. The molecule has 4 nitrogen and oxygen atoms in total. The van der Waals surface area contributed by atoms with Crippen LogP contribution >= 0.6 is 12.4 Å². The second-order valence-electron chi connectivity index (χ2n) is 6.84. The number of aryl methyl sites for hydroxylation is 1. The number of carbonyl (C=O) groups is 1. The summed E-state index contributed by atoms with van der Waals surface area (Å²) >= 11 is 0. The number of rotatable bonds is 5. The second kappa shape index (κ2) is 10.3. The molecule has 0 radical (unpaired) electrons. The molecule has 2 aromatic rings. The molecule has 2 heterocycles. The number of nitrogens with one attached hydrogen (secondary N) is 1. The van der Waals surface area contributed by atoms with E-state index in [0.29, 0.717) is 13.0 Å². The monoisotopic (exact) mass is 373 g/mol. The Morgan fingerprint density at radius 2 is 1.96 bits per heavy atom. The maximum Gasteiger partial charge on any atom is 0.227 e. The summed E-state index contributed by atoms with van der Waals surface area (Å²) in [5.74, 6) is 0.196. The van der Waals surface area contributed by atoms with E-state index >= 15 is 0 Å². The first-order valence-corrected chi connectivity index (χ1v) is 9.18. The molecule has 1 aromatic carbocycles. The van der Waals surface area contributed by atoms with E-state index in [0.717, 1.165) is 43.6 Å². The van der Waals surface area contributed by atoms with Crippen LogP contribution in [0.25, 0.3) is 0 Å². The average molecular weight is 374 g/mol. The topological polar surface area (TPSA) is 45.2 Å². The summed E-state index contributed by atoms with van der Waals surface area (Å²) in [4.78, 5) is 19.6. The molecular weight excluding hydrogens is 346 g/mol. The zero-order chi connectivity index (χ0) is 17.5. The van der Waals surface area contributed by atoms with E-state index in [2.05, 4.69) is 46.4 Å². The summed E-state index contributed by atoms with van der Waals surface area (Å²) in [6, 6.07) is 14.4. The lowest BCUT2D eigenvalue weighted by atomic mass is 10.0. The van der Waals surface area contributed by atoms with Gasteiger partial charge in [0.25, 0.3) is 0 Å². The van der Waals surface area contributed by atoms with Crippen molar-refractivity contribution in [2.45, 2.75) is 45.2 Å². The van der Waals surface area contributed by atoms with E-state index in [-0.39, 0.29) is 24.4 Å². The van der Waals surface area contributed by atoms with Crippen LogP contribution in [0.5, 0.6) is 0 Å². The molecule has 1 atom stereocenters. The zero-order valence-electron chi connectivity index (χ0n) is 15.4. The average Bonchev–Trinajstić information content (AvgIpc) is 2.92. The highest BCUT2D eigenvalue weighted by Gasteiger charge is 2.25. The molecule has 0 aliphatic carbocycles. The van der Waals surface area contributed by atoms with Gasteiger partial charge in [-0.25, -0.2) is 0 Å². The summed E-state index contributed by atoms with van der Waals surface area (Å²) < 4.78 is 0. The van der Waals surface area contributed by atoms with Crippen LogP contribution in [0.3, 0.4) is 0 Å². The Bertz CT molecular complexity index is 667.